The van der Waals surface area contributed by atoms with E-state index in [1.54, 1.807) is 0 Å². The van der Waals surface area contributed by atoms with Crippen LogP contribution in [-0.2, 0) is 36.9 Å². The number of phosphoric acid groups is 1. The highest BCUT2D eigenvalue weighted by atomic mass is 32.7. The zero-order valence-electron chi connectivity index (χ0n) is 23.7. The number of hydrogen-bond acceptors (Lipinski definition) is 17. The van der Waals surface area contributed by atoms with Crippen LogP contribution < -0.4 is 39.1 Å². The number of quaternary nitrogens is 2. The Labute approximate surface area is 255 Å². The summed E-state index contributed by atoms with van der Waals surface area (Å²) in [6.45, 7) is -5.98. The van der Waals surface area contributed by atoms with Crippen LogP contribution in [0.1, 0.15) is 12.5 Å². The molecule has 21 nitrogen and oxygen atoms in total. The van der Waals surface area contributed by atoms with Crippen molar-refractivity contribution in [3.8, 4) is 0 Å². The fraction of sp³-hybridized carbons (Fsp3) is 0.550. The number of rotatable bonds is 3. The van der Waals surface area contributed by atoms with Crippen molar-refractivity contribution in [2.75, 3.05) is 25.2 Å². The lowest BCUT2D eigenvalue weighted by Crippen LogP contribution is -2.39. The van der Waals surface area contributed by atoms with E-state index < -0.39 is 87.4 Å². The molecule has 25 heteroatoms. The van der Waals surface area contributed by atoms with Gasteiger partial charge in [-0.05, 0) is 0 Å². The van der Waals surface area contributed by atoms with Gasteiger partial charge in [-0.3, -0.25) is 28.0 Å². The van der Waals surface area contributed by atoms with Gasteiger partial charge in [-0.2, -0.15) is 0 Å². The molecule has 0 radical (unpaired) electrons. The summed E-state index contributed by atoms with van der Waals surface area (Å²) in [5.74, 6) is -0.366. The number of nitrogens with zero attached hydrogens (tertiary/aromatic N) is 5. The summed E-state index contributed by atoms with van der Waals surface area (Å²) < 4.78 is 76.2. The largest absolute Gasteiger partial charge is 0.770 e. The van der Waals surface area contributed by atoms with E-state index in [1.807, 2.05) is 4.98 Å². The second-order valence-electron chi connectivity index (χ2n) is 9.50. The van der Waals surface area contributed by atoms with Gasteiger partial charge in [-0.1, -0.05) is 11.4 Å². The second-order valence-corrected chi connectivity index (χ2v) is 14.7. The molecule has 11 N–H and O–H groups in total. The lowest BCUT2D eigenvalue weighted by Gasteiger charge is -2.32. The molecule has 6 rings (SSSR count). The summed E-state index contributed by atoms with van der Waals surface area (Å²) in [7, 11) is -4.05. The maximum absolute atomic E-state index is 15.6. The first-order chi connectivity index (χ1) is 20.4. The van der Waals surface area contributed by atoms with Crippen molar-refractivity contribution in [3.63, 3.8) is 0 Å². The second kappa shape index (κ2) is 13.2. The van der Waals surface area contributed by atoms with Crippen LogP contribution in [0.5, 0.6) is 0 Å². The van der Waals surface area contributed by atoms with Crippen LogP contribution in [0.15, 0.2) is 34.5 Å². The summed E-state index contributed by atoms with van der Waals surface area (Å²) in [5.41, 5.74) is 4.37. The van der Waals surface area contributed by atoms with E-state index in [1.165, 1.54) is 18.0 Å². The number of aromatic amines is 1. The summed E-state index contributed by atoms with van der Waals surface area (Å²) in [6.07, 6.45) is -9.47. The van der Waals surface area contributed by atoms with Gasteiger partial charge in [-0.25, -0.2) is 24.1 Å². The Morgan fingerprint density at radius 2 is 1.80 bits per heavy atom. The number of alkyl halides is 1. The molecule has 45 heavy (non-hydrogen) atoms. The molecule has 6 heterocycles. The average Bonchev–Trinajstić information content (AvgIpc) is 3.60. The van der Waals surface area contributed by atoms with Crippen LogP contribution in [0.25, 0.3) is 11.2 Å². The molecule has 3 fully saturated rings. The molecular weight excluding hydrogens is 671 g/mol. The predicted octanol–water partition coefficient (Wildman–Crippen LogP) is -0.670. The first-order valence-electron chi connectivity index (χ1n) is 12.4. The minimum Gasteiger partial charge on any atom is -0.770 e. The lowest BCUT2D eigenvalue weighted by molar-refractivity contribution is -0.237. The smallest absolute Gasteiger partial charge is 0.330 e. The van der Waals surface area contributed by atoms with Gasteiger partial charge in [0.15, 0.2) is 36.9 Å². The molecule has 0 saturated carbocycles. The number of aromatic nitrogens is 6. The van der Waals surface area contributed by atoms with Gasteiger partial charge in [-0.15, -0.1) is 0 Å². The first kappa shape index (κ1) is 35.2. The molecule has 0 aromatic carbocycles. The van der Waals surface area contributed by atoms with E-state index >= 15 is 4.39 Å². The quantitative estimate of drug-likeness (QED) is 0.246. The van der Waals surface area contributed by atoms with Crippen LogP contribution in [0.2, 0.25) is 0 Å². The zero-order valence-corrected chi connectivity index (χ0v) is 26.3. The van der Waals surface area contributed by atoms with Gasteiger partial charge in [0.2, 0.25) is 0 Å². The van der Waals surface area contributed by atoms with E-state index in [0.29, 0.717) is 4.57 Å². The SMILES string of the molecule is CO[C@H]1[C@H]2OP(=O)([O-])OC[C@H]3O[C@@H](n4ccc(=O)[nH]c4=O)[C@H](OP(=O)([O-])SC[C@H]1O[C@H]2n1cnc2c(N)ncnc21)[C@@H]3F.[NH4+].[NH4+]. The standard InChI is InChI=1S/C20H24FN7O12P2S.2H3N/c1-35-13-9-5-43-42(33,34)40-14-11(21)8(37-18(14)27-3-2-10(29)26-20(27)30)4-36-41(31,32)39-15(13)19(38-9)28-7-25-12-16(22)23-6-24-17(12)28;;/h2-3,6-9,11,13-15,18-19H,4-5H2,1H3,(H,31,32)(H,33,34)(H2,22,23,24)(H,26,29,30);2*1H3/t8-,9-,11-,13-,14-,15-,18-,19-;;/m1../s1. The lowest BCUT2D eigenvalue weighted by atomic mass is 10.1. The van der Waals surface area contributed by atoms with E-state index in [0.717, 1.165) is 18.6 Å². The molecule has 3 aliphatic rings. The van der Waals surface area contributed by atoms with Crippen molar-refractivity contribution in [2.45, 2.75) is 49.1 Å². The Balaban J connectivity index is 0.00000230. The van der Waals surface area contributed by atoms with E-state index in [9.17, 15) is 28.5 Å². The fourth-order valence-electron chi connectivity index (χ4n) is 5.00. The van der Waals surface area contributed by atoms with Crippen molar-refractivity contribution in [1.29, 1.82) is 0 Å². The number of nitrogen functional groups attached to an aromatic ring is 1. The summed E-state index contributed by atoms with van der Waals surface area (Å²) in [5, 5.41) is 0. The van der Waals surface area contributed by atoms with Gasteiger partial charge in [0.1, 0.15) is 36.3 Å². The van der Waals surface area contributed by atoms with Crippen LogP contribution in [0.4, 0.5) is 10.2 Å². The highest BCUT2D eigenvalue weighted by Crippen LogP contribution is 2.57. The third kappa shape index (κ3) is 6.76. The topological polar surface area (TPSA) is 333 Å². The molecule has 3 aromatic heterocycles. The number of phosphoric ester groups is 1. The molecule has 4 bridgehead atoms. The number of nitrogens with two attached hydrogens (primary N) is 1. The van der Waals surface area contributed by atoms with Crippen molar-refractivity contribution >= 4 is 43.0 Å². The van der Waals surface area contributed by atoms with E-state index in [-0.39, 0.29) is 40.7 Å². The van der Waals surface area contributed by atoms with Crippen molar-refractivity contribution in [1.82, 2.24) is 41.4 Å². The minimum absolute atomic E-state index is 0. The molecule has 0 spiro atoms. The Morgan fingerprint density at radius 3 is 2.51 bits per heavy atom. The number of methoxy groups -OCH3 is 1. The van der Waals surface area contributed by atoms with Crippen LogP contribution in [0.3, 0.4) is 0 Å². The molecule has 0 aliphatic carbocycles. The highest BCUT2D eigenvalue weighted by molar-refractivity contribution is 8.54. The summed E-state index contributed by atoms with van der Waals surface area (Å²) in [6, 6.07) is 0.922. The predicted molar refractivity (Wildman–Crippen MR) is 150 cm³/mol. The number of imidazole rings is 1. The number of hydrogen-bond donors (Lipinski definition) is 4. The maximum Gasteiger partial charge on any atom is 0.330 e. The van der Waals surface area contributed by atoms with Crippen LogP contribution in [-0.4, -0.2) is 85.2 Å². The Bertz CT molecular complexity index is 1750. The third-order valence-electron chi connectivity index (χ3n) is 6.90. The molecule has 3 saturated heterocycles. The van der Waals surface area contributed by atoms with Crippen molar-refractivity contribution in [3.05, 3.63) is 45.8 Å². The summed E-state index contributed by atoms with van der Waals surface area (Å²) >= 11 is 0.233. The van der Waals surface area contributed by atoms with Crippen LogP contribution in [0, 0.1) is 0 Å². The number of H-pyrrole nitrogens is 1. The Kier molecular flexibility index (Phi) is 10.4. The van der Waals surface area contributed by atoms with Gasteiger partial charge in [0.05, 0.1) is 19.0 Å². The molecule has 2 unspecified atom stereocenters. The Morgan fingerprint density at radius 1 is 1.09 bits per heavy atom. The monoisotopic (exact) mass is 701 g/mol. The number of fused-ring (bicyclic) bond motifs is 5. The normalized spacial score (nSPS) is 37.0. The molecule has 0 amide bonds. The average molecular weight is 702 g/mol. The first-order valence-corrected chi connectivity index (χ1v) is 17.0. The van der Waals surface area contributed by atoms with Gasteiger partial charge in [0, 0.05) is 25.1 Å². The highest BCUT2D eigenvalue weighted by Gasteiger charge is 2.52. The fourth-order valence-corrected chi connectivity index (χ4v) is 8.56. The molecule has 3 aromatic rings. The Hall–Kier alpha value is -2.63. The molecule has 250 valence electrons. The number of anilines is 1. The van der Waals surface area contributed by atoms with E-state index in [4.69, 9.17) is 33.5 Å². The third-order valence-corrected chi connectivity index (χ3v) is 10.8. The van der Waals surface area contributed by atoms with Gasteiger partial charge < -0.3 is 55.6 Å². The number of ether oxygens (including phenoxy) is 3. The maximum atomic E-state index is 15.6. The molecular formula is C20H30FN9O12P2S. The van der Waals surface area contributed by atoms with Crippen LogP contribution >= 0.6 is 26.0 Å². The molecule has 3 aliphatic heterocycles. The van der Waals surface area contributed by atoms with Gasteiger partial charge in [0.25, 0.3) is 13.4 Å². The van der Waals surface area contributed by atoms with Crippen molar-refractivity contribution in [2.24, 2.45) is 0 Å². The summed E-state index contributed by atoms with van der Waals surface area (Å²) in [4.78, 5) is 64.1. The number of nitrogens with one attached hydrogen (secondary N) is 1. The zero-order chi connectivity index (χ0) is 30.7. The van der Waals surface area contributed by atoms with Crippen molar-refractivity contribution < 1.29 is 51.1 Å². The minimum atomic E-state index is -5.29. The number of halogens is 1. The molecule has 10 atom stereocenters. The van der Waals surface area contributed by atoms with Gasteiger partial charge >= 0.3 is 5.69 Å². The van der Waals surface area contributed by atoms with E-state index in [2.05, 4.69) is 15.0 Å².